The van der Waals surface area contributed by atoms with Crippen molar-refractivity contribution in [2.75, 3.05) is 26.8 Å². The number of benzene rings is 1. The summed E-state index contributed by atoms with van der Waals surface area (Å²) in [6.07, 6.45) is 3.59. The van der Waals surface area contributed by atoms with Gasteiger partial charge in [-0.2, -0.15) is 4.31 Å². The Labute approximate surface area is 166 Å². The maximum absolute atomic E-state index is 13.1. The van der Waals surface area contributed by atoms with Gasteiger partial charge in [-0.3, -0.25) is 4.79 Å². The third-order valence-corrected chi connectivity index (χ3v) is 6.29. The molecule has 1 aromatic rings. The Morgan fingerprint density at radius 3 is 2.36 bits per heavy atom. The van der Waals surface area contributed by atoms with Crippen LogP contribution in [0.1, 0.15) is 49.9 Å². The van der Waals surface area contributed by atoms with Crippen LogP contribution in [0.3, 0.4) is 0 Å². The Balaban J connectivity index is 2.23. The van der Waals surface area contributed by atoms with Crippen LogP contribution in [0.4, 0.5) is 0 Å². The van der Waals surface area contributed by atoms with Gasteiger partial charge < -0.3 is 14.8 Å². The molecular formula is C19H28N2O6S. The van der Waals surface area contributed by atoms with E-state index in [1.54, 1.807) is 13.8 Å². The molecule has 0 unspecified atom stereocenters. The van der Waals surface area contributed by atoms with Crippen LogP contribution in [0.2, 0.25) is 0 Å². The zero-order valence-corrected chi connectivity index (χ0v) is 17.4. The van der Waals surface area contributed by atoms with Crippen LogP contribution in [-0.2, 0) is 19.6 Å². The molecule has 0 atom stereocenters. The standard InChI is InChI=1S/C19H28N2O6S/c1-14(2)20-18(22)13-27-19(23)15-8-9-16(26-3)17(12-15)28(24,25)21-10-6-4-5-7-11-21/h8-9,12,14H,4-7,10-11,13H2,1-3H3,(H,20,22). The summed E-state index contributed by atoms with van der Waals surface area (Å²) < 4.78 is 37.9. The molecule has 1 heterocycles. The van der Waals surface area contributed by atoms with Gasteiger partial charge in [0, 0.05) is 19.1 Å². The zero-order chi connectivity index (χ0) is 20.7. The van der Waals surface area contributed by atoms with E-state index in [-0.39, 0.29) is 22.3 Å². The lowest BCUT2D eigenvalue weighted by Crippen LogP contribution is -2.34. The monoisotopic (exact) mass is 412 g/mol. The summed E-state index contributed by atoms with van der Waals surface area (Å²) in [6, 6.07) is 4.03. The van der Waals surface area contributed by atoms with Crippen LogP contribution in [-0.4, -0.2) is 57.4 Å². The van der Waals surface area contributed by atoms with Crippen molar-refractivity contribution in [3.05, 3.63) is 23.8 Å². The normalized spacial score (nSPS) is 15.7. The van der Waals surface area contributed by atoms with Crippen LogP contribution >= 0.6 is 0 Å². The van der Waals surface area contributed by atoms with Crippen molar-refractivity contribution < 1.29 is 27.5 Å². The number of ether oxygens (including phenoxy) is 2. The van der Waals surface area contributed by atoms with Gasteiger partial charge in [0.15, 0.2) is 6.61 Å². The second kappa shape index (κ2) is 9.88. The summed E-state index contributed by atoms with van der Waals surface area (Å²) in [5, 5.41) is 2.61. The van der Waals surface area contributed by atoms with Gasteiger partial charge in [0.25, 0.3) is 5.91 Å². The first-order chi connectivity index (χ1) is 13.3. The van der Waals surface area contributed by atoms with E-state index in [0.717, 1.165) is 25.7 Å². The minimum absolute atomic E-state index is 0.0477. The number of carbonyl (C=O) groups is 2. The van der Waals surface area contributed by atoms with E-state index in [2.05, 4.69) is 5.32 Å². The van der Waals surface area contributed by atoms with Crippen molar-refractivity contribution in [2.45, 2.75) is 50.5 Å². The molecule has 0 aromatic heterocycles. The Morgan fingerprint density at radius 2 is 1.79 bits per heavy atom. The van der Waals surface area contributed by atoms with Crippen molar-refractivity contribution in [2.24, 2.45) is 0 Å². The second-order valence-electron chi connectivity index (χ2n) is 6.98. The maximum atomic E-state index is 13.1. The zero-order valence-electron chi connectivity index (χ0n) is 16.6. The number of sulfonamides is 1. The molecule has 0 radical (unpaired) electrons. The van der Waals surface area contributed by atoms with E-state index in [4.69, 9.17) is 9.47 Å². The molecule has 156 valence electrons. The Kier molecular flexibility index (Phi) is 7.82. The molecule has 8 nitrogen and oxygen atoms in total. The Bertz CT molecular complexity index is 799. The molecule has 1 N–H and O–H groups in total. The number of rotatable bonds is 7. The van der Waals surface area contributed by atoms with Gasteiger partial charge in [-0.05, 0) is 44.9 Å². The summed E-state index contributed by atoms with van der Waals surface area (Å²) in [5.41, 5.74) is 0.0477. The number of nitrogens with one attached hydrogen (secondary N) is 1. The smallest absolute Gasteiger partial charge is 0.338 e. The summed E-state index contributed by atoms with van der Waals surface area (Å²) in [6.45, 7) is 4.04. The lowest BCUT2D eigenvalue weighted by molar-refractivity contribution is -0.124. The molecule has 1 fully saturated rings. The molecule has 2 rings (SSSR count). The number of hydrogen-bond acceptors (Lipinski definition) is 6. The lowest BCUT2D eigenvalue weighted by atomic mass is 10.2. The average Bonchev–Trinajstić information content (AvgIpc) is 2.95. The highest BCUT2D eigenvalue weighted by Crippen LogP contribution is 2.29. The van der Waals surface area contributed by atoms with Gasteiger partial charge >= 0.3 is 5.97 Å². The van der Waals surface area contributed by atoms with E-state index in [0.29, 0.717) is 13.1 Å². The molecular weight excluding hydrogens is 384 g/mol. The second-order valence-corrected chi connectivity index (χ2v) is 8.89. The number of esters is 1. The fraction of sp³-hybridized carbons (Fsp3) is 0.579. The summed E-state index contributed by atoms with van der Waals surface area (Å²) in [5.74, 6) is -1.03. The number of nitrogens with zero attached hydrogens (tertiary/aromatic N) is 1. The number of methoxy groups -OCH3 is 1. The average molecular weight is 413 g/mol. The van der Waals surface area contributed by atoms with E-state index in [9.17, 15) is 18.0 Å². The molecule has 0 spiro atoms. The van der Waals surface area contributed by atoms with E-state index in [1.807, 2.05) is 0 Å². The van der Waals surface area contributed by atoms with Crippen LogP contribution in [0.15, 0.2) is 23.1 Å². The van der Waals surface area contributed by atoms with Gasteiger partial charge in [-0.15, -0.1) is 0 Å². The van der Waals surface area contributed by atoms with Crippen LogP contribution in [0.5, 0.6) is 5.75 Å². The van der Waals surface area contributed by atoms with Crippen molar-refractivity contribution in [3.63, 3.8) is 0 Å². The maximum Gasteiger partial charge on any atom is 0.338 e. The number of hydrogen-bond donors (Lipinski definition) is 1. The molecule has 1 amide bonds. The van der Waals surface area contributed by atoms with Gasteiger partial charge in [0.05, 0.1) is 12.7 Å². The highest BCUT2D eigenvalue weighted by Gasteiger charge is 2.29. The predicted molar refractivity (Wildman–Crippen MR) is 104 cm³/mol. The molecule has 1 aliphatic heterocycles. The molecule has 0 aliphatic carbocycles. The molecule has 1 aliphatic rings. The highest BCUT2D eigenvalue weighted by molar-refractivity contribution is 7.89. The summed E-state index contributed by atoms with van der Waals surface area (Å²) >= 11 is 0. The molecule has 1 aromatic carbocycles. The van der Waals surface area contributed by atoms with Gasteiger partial charge in [-0.25, -0.2) is 13.2 Å². The number of carbonyl (C=O) groups excluding carboxylic acids is 2. The molecule has 9 heteroatoms. The van der Waals surface area contributed by atoms with Gasteiger partial charge in [0.1, 0.15) is 10.6 Å². The number of amides is 1. The molecule has 0 saturated carbocycles. The lowest BCUT2D eigenvalue weighted by Gasteiger charge is -2.21. The van der Waals surface area contributed by atoms with Crippen molar-refractivity contribution in [3.8, 4) is 5.75 Å². The molecule has 1 saturated heterocycles. The Morgan fingerprint density at radius 1 is 1.14 bits per heavy atom. The topological polar surface area (TPSA) is 102 Å². The van der Waals surface area contributed by atoms with Gasteiger partial charge in [0.2, 0.25) is 10.0 Å². The van der Waals surface area contributed by atoms with E-state index in [1.165, 1.54) is 29.6 Å². The third kappa shape index (κ3) is 5.68. The fourth-order valence-electron chi connectivity index (χ4n) is 3.00. The summed E-state index contributed by atoms with van der Waals surface area (Å²) in [4.78, 5) is 23.9. The quantitative estimate of drug-likeness (QED) is 0.687. The first kappa shape index (κ1) is 22.2. The highest BCUT2D eigenvalue weighted by atomic mass is 32.2. The van der Waals surface area contributed by atoms with Crippen LogP contribution < -0.4 is 10.1 Å². The van der Waals surface area contributed by atoms with Crippen molar-refractivity contribution in [1.29, 1.82) is 0 Å². The van der Waals surface area contributed by atoms with Crippen LogP contribution in [0.25, 0.3) is 0 Å². The fourth-order valence-corrected chi connectivity index (χ4v) is 4.70. The Hall–Kier alpha value is -2.13. The van der Waals surface area contributed by atoms with Crippen molar-refractivity contribution >= 4 is 21.9 Å². The molecule has 28 heavy (non-hydrogen) atoms. The third-order valence-electron chi connectivity index (χ3n) is 4.37. The van der Waals surface area contributed by atoms with Crippen LogP contribution in [0, 0.1) is 0 Å². The van der Waals surface area contributed by atoms with E-state index < -0.39 is 28.5 Å². The minimum atomic E-state index is -3.81. The SMILES string of the molecule is COc1ccc(C(=O)OCC(=O)NC(C)C)cc1S(=O)(=O)N1CCCCCC1. The summed E-state index contributed by atoms with van der Waals surface area (Å²) in [7, 11) is -2.43. The predicted octanol–water partition coefficient (Wildman–Crippen LogP) is 1.94. The molecule has 0 bridgehead atoms. The largest absolute Gasteiger partial charge is 0.495 e. The van der Waals surface area contributed by atoms with Gasteiger partial charge in [-0.1, -0.05) is 12.8 Å². The first-order valence-electron chi connectivity index (χ1n) is 9.40. The van der Waals surface area contributed by atoms with E-state index >= 15 is 0 Å². The minimum Gasteiger partial charge on any atom is -0.495 e. The first-order valence-corrected chi connectivity index (χ1v) is 10.8. The van der Waals surface area contributed by atoms with Crippen molar-refractivity contribution in [1.82, 2.24) is 9.62 Å².